The summed E-state index contributed by atoms with van der Waals surface area (Å²) in [6, 6.07) is 15.7. The summed E-state index contributed by atoms with van der Waals surface area (Å²) in [6.07, 6.45) is 1.07. The molecular formula is C19H18N2O2. The van der Waals surface area contributed by atoms with Crippen LogP contribution in [-0.2, 0) is 16.0 Å². The maximum Gasteiger partial charge on any atom is 0.235 e. The van der Waals surface area contributed by atoms with E-state index in [0.717, 1.165) is 23.4 Å². The number of para-hydroxylation sites is 2. The second-order valence-corrected chi connectivity index (χ2v) is 6.28. The molecule has 0 saturated heterocycles. The predicted molar refractivity (Wildman–Crippen MR) is 89.5 cm³/mol. The average Bonchev–Trinajstić information content (AvgIpc) is 2.89. The van der Waals surface area contributed by atoms with Crippen molar-refractivity contribution in [2.24, 2.45) is 0 Å². The summed E-state index contributed by atoms with van der Waals surface area (Å²) in [5, 5.41) is 2.86. The summed E-state index contributed by atoms with van der Waals surface area (Å²) in [6.45, 7) is 2.06. The van der Waals surface area contributed by atoms with Crippen molar-refractivity contribution in [1.29, 1.82) is 0 Å². The van der Waals surface area contributed by atoms with Gasteiger partial charge >= 0.3 is 0 Å². The lowest BCUT2D eigenvalue weighted by molar-refractivity contribution is -0.124. The van der Waals surface area contributed by atoms with Crippen LogP contribution in [0.2, 0.25) is 0 Å². The number of fused-ring (bicyclic) bond motifs is 2. The van der Waals surface area contributed by atoms with Gasteiger partial charge in [-0.05, 0) is 36.6 Å². The van der Waals surface area contributed by atoms with Crippen LogP contribution in [0.5, 0.6) is 0 Å². The zero-order valence-corrected chi connectivity index (χ0v) is 13.0. The highest BCUT2D eigenvalue weighted by Crippen LogP contribution is 2.38. The number of amides is 2. The Morgan fingerprint density at radius 2 is 1.83 bits per heavy atom. The van der Waals surface area contributed by atoms with E-state index in [9.17, 15) is 9.59 Å². The third-order valence-electron chi connectivity index (χ3n) is 4.74. The van der Waals surface area contributed by atoms with Crippen LogP contribution in [0.15, 0.2) is 48.5 Å². The van der Waals surface area contributed by atoms with E-state index in [2.05, 4.69) is 18.3 Å². The van der Waals surface area contributed by atoms with Gasteiger partial charge in [-0.2, -0.15) is 0 Å². The van der Waals surface area contributed by atoms with Gasteiger partial charge in [0, 0.05) is 23.8 Å². The summed E-state index contributed by atoms with van der Waals surface area (Å²) in [5.74, 6) is -0.486. The molecule has 0 radical (unpaired) electrons. The van der Waals surface area contributed by atoms with E-state index < -0.39 is 5.92 Å². The number of anilines is 2. The van der Waals surface area contributed by atoms with Crippen LogP contribution in [-0.4, -0.2) is 17.9 Å². The highest BCUT2D eigenvalue weighted by atomic mass is 16.2. The van der Waals surface area contributed by atoms with Crippen molar-refractivity contribution in [2.45, 2.75) is 31.7 Å². The van der Waals surface area contributed by atoms with Crippen molar-refractivity contribution in [3.63, 3.8) is 0 Å². The van der Waals surface area contributed by atoms with Crippen molar-refractivity contribution >= 4 is 23.2 Å². The van der Waals surface area contributed by atoms with E-state index >= 15 is 0 Å². The van der Waals surface area contributed by atoms with Gasteiger partial charge in [0.15, 0.2) is 0 Å². The normalized spacial score (nSPS) is 22.3. The monoisotopic (exact) mass is 306 g/mol. The van der Waals surface area contributed by atoms with Crippen LogP contribution in [0, 0.1) is 0 Å². The Bertz CT molecular complexity index is 799. The lowest BCUT2D eigenvalue weighted by atomic mass is 9.89. The zero-order chi connectivity index (χ0) is 16.0. The standard InChI is InChI=1S/C19H18N2O2/c1-12-10-13-6-2-5-9-17(13)21(12)19(23)15-11-18(22)20-16-8-4-3-7-14(15)16/h2-9,12,15H,10-11H2,1H3,(H,20,22)/t12-,15-/m0/s1. The maximum absolute atomic E-state index is 13.2. The lowest BCUT2D eigenvalue weighted by Gasteiger charge is -2.31. The molecule has 2 aliphatic heterocycles. The number of carbonyl (C=O) groups excluding carboxylic acids is 2. The highest BCUT2D eigenvalue weighted by Gasteiger charge is 2.38. The largest absolute Gasteiger partial charge is 0.326 e. The van der Waals surface area contributed by atoms with E-state index in [4.69, 9.17) is 0 Å². The topological polar surface area (TPSA) is 49.4 Å². The Kier molecular flexibility index (Phi) is 3.18. The van der Waals surface area contributed by atoms with Crippen molar-refractivity contribution < 1.29 is 9.59 Å². The molecule has 0 unspecified atom stereocenters. The van der Waals surface area contributed by atoms with Crippen molar-refractivity contribution in [2.75, 3.05) is 10.2 Å². The molecule has 4 rings (SSSR count). The molecule has 2 aliphatic rings. The second-order valence-electron chi connectivity index (χ2n) is 6.28. The summed E-state index contributed by atoms with van der Waals surface area (Å²) in [4.78, 5) is 27.1. The zero-order valence-electron chi connectivity index (χ0n) is 13.0. The molecule has 23 heavy (non-hydrogen) atoms. The van der Waals surface area contributed by atoms with E-state index in [1.54, 1.807) is 0 Å². The predicted octanol–water partition coefficient (Wildman–Crippen LogP) is 3.09. The van der Waals surface area contributed by atoms with Gasteiger partial charge in [-0.25, -0.2) is 0 Å². The minimum absolute atomic E-state index is 0.0183. The number of carbonyl (C=O) groups is 2. The lowest BCUT2D eigenvalue weighted by Crippen LogP contribution is -2.41. The van der Waals surface area contributed by atoms with Gasteiger partial charge in [0.05, 0.1) is 5.92 Å². The first-order chi connectivity index (χ1) is 11.1. The van der Waals surface area contributed by atoms with Crippen molar-refractivity contribution in [1.82, 2.24) is 0 Å². The number of nitrogens with one attached hydrogen (secondary N) is 1. The molecular weight excluding hydrogens is 288 g/mol. The fourth-order valence-corrected chi connectivity index (χ4v) is 3.70. The molecule has 2 heterocycles. The van der Waals surface area contributed by atoms with Gasteiger partial charge in [-0.15, -0.1) is 0 Å². The number of nitrogens with zero attached hydrogens (tertiary/aromatic N) is 1. The molecule has 116 valence electrons. The number of benzene rings is 2. The fourth-order valence-electron chi connectivity index (χ4n) is 3.70. The SMILES string of the molecule is C[C@H]1Cc2ccccc2N1C(=O)[C@H]1CC(=O)Nc2ccccc21. The van der Waals surface area contributed by atoms with E-state index in [-0.39, 0.29) is 24.3 Å². The van der Waals surface area contributed by atoms with Gasteiger partial charge in [0.25, 0.3) is 0 Å². The van der Waals surface area contributed by atoms with Crippen LogP contribution in [0.25, 0.3) is 0 Å². The van der Waals surface area contributed by atoms with E-state index in [1.165, 1.54) is 5.56 Å². The number of hydrogen-bond donors (Lipinski definition) is 1. The summed E-state index contributed by atoms with van der Waals surface area (Å²) < 4.78 is 0. The third kappa shape index (κ3) is 2.22. The first-order valence-corrected chi connectivity index (χ1v) is 7.95. The molecule has 0 fully saturated rings. The van der Waals surface area contributed by atoms with E-state index in [0.29, 0.717) is 0 Å². The molecule has 2 atom stereocenters. The quantitative estimate of drug-likeness (QED) is 0.880. The molecule has 2 aromatic carbocycles. The van der Waals surface area contributed by atoms with Gasteiger partial charge < -0.3 is 10.2 Å². The minimum Gasteiger partial charge on any atom is -0.326 e. The number of rotatable bonds is 1. The molecule has 1 N–H and O–H groups in total. The van der Waals surface area contributed by atoms with Crippen LogP contribution in [0.1, 0.15) is 30.4 Å². The molecule has 4 nitrogen and oxygen atoms in total. The first-order valence-electron chi connectivity index (χ1n) is 7.95. The Hall–Kier alpha value is -2.62. The Balaban J connectivity index is 1.74. The average molecular weight is 306 g/mol. The Morgan fingerprint density at radius 1 is 1.09 bits per heavy atom. The molecule has 0 saturated carbocycles. The fraction of sp³-hybridized carbons (Fsp3) is 0.263. The van der Waals surface area contributed by atoms with Crippen LogP contribution in [0.4, 0.5) is 11.4 Å². The van der Waals surface area contributed by atoms with Crippen LogP contribution < -0.4 is 10.2 Å². The van der Waals surface area contributed by atoms with Gasteiger partial charge in [0.1, 0.15) is 0 Å². The molecule has 0 spiro atoms. The molecule has 0 aromatic heterocycles. The molecule has 2 amide bonds. The van der Waals surface area contributed by atoms with Gasteiger partial charge in [0.2, 0.25) is 11.8 Å². The second kappa shape index (κ2) is 5.23. The molecule has 0 aliphatic carbocycles. The minimum atomic E-state index is -0.409. The van der Waals surface area contributed by atoms with Crippen LogP contribution in [0.3, 0.4) is 0 Å². The first kappa shape index (κ1) is 14.0. The summed E-state index contributed by atoms with van der Waals surface area (Å²) >= 11 is 0. The maximum atomic E-state index is 13.2. The van der Waals surface area contributed by atoms with Gasteiger partial charge in [-0.1, -0.05) is 36.4 Å². The highest BCUT2D eigenvalue weighted by molar-refractivity contribution is 6.07. The smallest absolute Gasteiger partial charge is 0.235 e. The van der Waals surface area contributed by atoms with Crippen LogP contribution >= 0.6 is 0 Å². The molecule has 4 heteroatoms. The Morgan fingerprint density at radius 3 is 2.70 bits per heavy atom. The number of hydrogen-bond acceptors (Lipinski definition) is 2. The summed E-state index contributed by atoms with van der Waals surface area (Å²) in [5.41, 5.74) is 3.84. The third-order valence-corrected chi connectivity index (χ3v) is 4.74. The van der Waals surface area contributed by atoms with Gasteiger partial charge in [-0.3, -0.25) is 9.59 Å². The van der Waals surface area contributed by atoms with Crippen molar-refractivity contribution in [3.8, 4) is 0 Å². The molecule has 2 aromatic rings. The van der Waals surface area contributed by atoms with E-state index in [1.807, 2.05) is 47.4 Å². The Labute approximate surface area is 135 Å². The molecule has 0 bridgehead atoms. The van der Waals surface area contributed by atoms with Crippen molar-refractivity contribution in [3.05, 3.63) is 59.7 Å². The summed E-state index contributed by atoms with van der Waals surface area (Å²) in [7, 11) is 0.